The summed E-state index contributed by atoms with van der Waals surface area (Å²) in [6.07, 6.45) is 8.17. The third kappa shape index (κ3) is 7.28. The molecule has 3 fully saturated rings. The Morgan fingerprint density at radius 3 is 2.40 bits per heavy atom. The summed E-state index contributed by atoms with van der Waals surface area (Å²) in [5, 5.41) is 16.7. The molecule has 0 aromatic heterocycles. The second kappa shape index (κ2) is 15.0. The number of nitrogens with zero attached hydrogens (tertiary/aromatic N) is 2. The van der Waals surface area contributed by atoms with Crippen LogP contribution < -0.4 is 15.4 Å². The molecule has 224 valence electrons. The number of rotatable bonds is 11. The first-order chi connectivity index (χ1) is 18.9. The monoisotopic (exact) mass is 578 g/mol. The van der Waals surface area contributed by atoms with Crippen molar-refractivity contribution in [2.45, 2.75) is 88.8 Å². The van der Waals surface area contributed by atoms with Crippen LogP contribution >= 0.6 is 12.4 Å². The van der Waals surface area contributed by atoms with Crippen LogP contribution in [0.1, 0.15) is 81.5 Å². The van der Waals surface area contributed by atoms with Gasteiger partial charge in [0.05, 0.1) is 12.7 Å². The zero-order valence-electron chi connectivity index (χ0n) is 24.0. The van der Waals surface area contributed by atoms with E-state index in [-0.39, 0.29) is 36.0 Å². The number of halogens is 1. The van der Waals surface area contributed by atoms with Crippen molar-refractivity contribution in [1.82, 2.24) is 20.4 Å². The fourth-order valence-electron chi connectivity index (χ4n) is 6.43. The molecule has 0 unspecified atom stereocenters. The standard InChI is InChI=1S/C30H46N4O5.ClH/c1-3-4-18-34-28(37)25(26(35)22-9-6-5-7-10-22)32-29(38)30(34)15-19-33(20-16-30)17-8-21-39-24-13-11-23(12-14-24)27(36)31-2;/h11-14,22,25-26,35H,3-10,15-21H2,1-2H3,(H,31,36)(H,32,38);1H/t25-,26-;/m1./s1. The molecule has 3 amide bonds. The molecular formula is C30H47ClN4O5. The molecule has 2 saturated heterocycles. The summed E-state index contributed by atoms with van der Waals surface area (Å²) in [4.78, 5) is 43.2. The van der Waals surface area contributed by atoms with Crippen LogP contribution in [-0.2, 0) is 9.59 Å². The minimum Gasteiger partial charge on any atom is -0.494 e. The number of aliphatic hydroxyl groups excluding tert-OH is 1. The van der Waals surface area contributed by atoms with Crippen molar-refractivity contribution >= 4 is 30.1 Å². The molecule has 0 radical (unpaired) electrons. The Balaban J connectivity index is 0.00000441. The highest BCUT2D eigenvalue weighted by atomic mass is 35.5. The van der Waals surface area contributed by atoms with Crippen LogP contribution in [0.5, 0.6) is 5.75 Å². The first-order valence-electron chi connectivity index (χ1n) is 14.9. The van der Waals surface area contributed by atoms with Gasteiger partial charge in [0.2, 0.25) is 11.8 Å². The molecule has 1 aliphatic carbocycles. The van der Waals surface area contributed by atoms with Crippen molar-refractivity contribution in [3.63, 3.8) is 0 Å². The lowest BCUT2D eigenvalue weighted by Crippen LogP contribution is -2.75. The molecule has 1 aromatic rings. The fourth-order valence-corrected chi connectivity index (χ4v) is 6.43. The van der Waals surface area contributed by atoms with Crippen molar-refractivity contribution < 1.29 is 24.2 Å². The van der Waals surface area contributed by atoms with E-state index in [4.69, 9.17) is 4.74 Å². The smallest absolute Gasteiger partial charge is 0.251 e. The number of nitrogens with one attached hydrogen (secondary N) is 2. The van der Waals surface area contributed by atoms with Gasteiger partial charge in [-0.1, -0.05) is 32.6 Å². The molecule has 4 rings (SSSR count). The fraction of sp³-hybridized carbons (Fsp3) is 0.700. The highest BCUT2D eigenvalue weighted by Crippen LogP contribution is 2.36. The van der Waals surface area contributed by atoms with Gasteiger partial charge in [0.1, 0.15) is 17.3 Å². The molecule has 0 bridgehead atoms. The average Bonchev–Trinajstić information content (AvgIpc) is 2.98. The normalized spacial score (nSPS) is 22.4. The first-order valence-corrected chi connectivity index (χ1v) is 14.9. The number of piperazine rings is 1. The Morgan fingerprint density at radius 2 is 1.77 bits per heavy atom. The van der Waals surface area contributed by atoms with Crippen LogP contribution in [0.3, 0.4) is 0 Å². The highest BCUT2D eigenvalue weighted by Gasteiger charge is 2.55. The van der Waals surface area contributed by atoms with Gasteiger partial charge < -0.3 is 30.3 Å². The topological polar surface area (TPSA) is 111 Å². The molecule has 40 heavy (non-hydrogen) atoms. The van der Waals surface area contributed by atoms with Crippen molar-refractivity contribution in [1.29, 1.82) is 0 Å². The van der Waals surface area contributed by atoms with E-state index in [0.717, 1.165) is 70.3 Å². The zero-order valence-corrected chi connectivity index (χ0v) is 24.8. The van der Waals surface area contributed by atoms with Crippen LogP contribution in [0.4, 0.5) is 0 Å². The van der Waals surface area contributed by atoms with Crippen molar-refractivity contribution in [3.05, 3.63) is 29.8 Å². The van der Waals surface area contributed by atoms with Crippen LogP contribution in [0.2, 0.25) is 0 Å². The third-order valence-electron chi connectivity index (χ3n) is 8.88. The molecule has 3 N–H and O–H groups in total. The Hall–Kier alpha value is -2.36. The van der Waals surface area contributed by atoms with Gasteiger partial charge in [-0.05, 0) is 68.7 Å². The van der Waals surface area contributed by atoms with Gasteiger partial charge in [0.25, 0.3) is 5.91 Å². The number of amides is 3. The maximum absolute atomic E-state index is 13.7. The number of carbonyl (C=O) groups is 3. The van der Waals surface area contributed by atoms with Crippen molar-refractivity contribution in [2.24, 2.45) is 5.92 Å². The number of carbonyl (C=O) groups excluding carboxylic acids is 3. The Kier molecular flexibility index (Phi) is 12.1. The summed E-state index contributed by atoms with van der Waals surface area (Å²) in [6.45, 7) is 5.53. The van der Waals surface area contributed by atoms with Crippen LogP contribution in [0.15, 0.2) is 24.3 Å². The minimum absolute atomic E-state index is 0. The highest BCUT2D eigenvalue weighted by molar-refractivity contribution is 6.00. The molecule has 1 aromatic carbocycles. The van der Waals surface area contributed by atoms with E-state index in [9.17, 15) is 19.5 Å². The first kappa shape index (κ1) is 32.2. The van der Waals surface area contributed by atoms with Gasteiger partial charge >= 0.3 is 0 Å². The number of benzene rings is 1. The van der Waals surface area contributed by atoms with Gasteiger partial charge in [-0.2, -0.15) is 0 Å². The minimum atomic E-state index is -0.830. The SMILES string of the molecule is CCCCN1C(=O)[C@@H]([C@H](O)C2CCCCC2)NC(=O)C12CCN(CCCOc1ccc(C(=O)NC)cc1)CC2.Cl. The van der Waals surface area contributed by atoms with E-state index in [0.29, 0.717) is 31.6 Å². The van der Waals surface area contributed by atoms with Gasteiger partial charge in [-0.3, -0.25) is 14.4 Å². The molecular weight excluding hydrogens is 532 g/mol. The number of hydrogen-bond donors (Lipinski definition) is 3. The maximum atomic E-state index is 13.7. The summed E-state index contributed by atoms with van der Waals surface area (Å²) in [5.74, 6) is 0.482. The number of hydrogen-bond acceptors (Lipinski definition) is 6. The predicted octanol–water partition coefficient (Wildman–Crippen LogP) is 3.14. The molecule has 1 spiro atoms. The van der Waals surface area contributed by atoms with E-state index in [2.05, 4.69) is 22.5 Å². The van der Waals surface area contributed by atoms with E-state index >= 15 is 0 Å². The molecule has 10 heteroatoms. The number of piperidine rings is 1. The summed E-state index contributed by atoms with van der Waals surface area (Å²) < 4.78 is 5.85. The van der Waals surface area contributed by atoms with E-state index < -0.39 is 17.7 Å². The second-order valence-electron chi connectivity index (χ2n) is 11.4. The van der Waals surface area contributed by atoms with Crippen LogP contribution in [0.25, 0.3) is 0 Å². The van der Waals surface area contributed by atoms with Gasteiger partial charge in [0.15, 0.2) is 0 Å². The number of likely N-dealkylation sites (tertiary alicyclic amines) is 1. The van der Waals surface area contributed by atoms with Crippen molar-refractivity contribution in [3.8, 4) is 5.75 Å². The number of ether oxygens (including phenoxy) is 1. The lowest BCUT2D eigenvalue weighted by molar-refractivity contribution is -0.165. The Morgan fingerprint density at radius 1 is 1.10 bits per heavy atom. The third-order valence-corrected chi connectivity index (χ3v) is 8.88. The number of unbranched alkanes of at least 4 members (excludes halogenated alkanes) is 1. The quantitative estimate of drug-likeness (QED) is 0.348. The lowest BCUT2D eigenvalue weighted by atomic mass is 9.78. The van der Waals surface area contributed by atoms with Gasteiger partial charge in [-0.15, -0.1) is 12.4 Å². The lowest BCUT2D eigenvalue weighted by Gasteiger charge is -2.52. The Labute approximate surface area is 244 Å². The molecule has 1 saturated carbocycles. The summed E-state index contributed by atoms with van der Waals surface area (Å²) in [6, 6.07) is 6.27. The molecule has 9 nitrogen and oxygen atoms in total. The Bertz CT molecular complexity index is 977. The molecule has 3 aliphatic rings. The summed E-state index contributed by atoms with van der Waals surface area (Å²) in [7, 11) is 1.61. The molecule has 2 aliphatic heterocycles. The van der Waals surface area contributed by atoms with Crippen LogP contribution in [-0.4, -0.2) is 90.1 Å². The van der Waals surface area contributed by atoms with Crippen molar-refractivity contribution in [2.75, 3.05) is 39.8 Å². The van der Waals surface area contributed by atoms with E-state index in [1.54, 1.807) is 31.3 Å². The molecule has 2 heterocycles. The van der Waals surface area contributed by atoms with Gasteiger partial charge in [0, 0.05) is 38.8 Å². The largest absolute Gasteiger partial charge is 0.494 e. The number of aliphatic hydroxyl groups is 1. The zero-order chi connectivity index (χ0) is 27.8. The second-order valence-corrected chi connectivity index (χ2v) is 11.4. The van der Waals surface area contributed by atoms with E-state index in [1.165, 1.54) is 6.42 Å². The summed E-state index contributed by atoms with van der Waals surface area (Å²) in [5.41, 5.74) is -0.227. The maximum Gasteiger partial charge on any atom is 0.251 e. The van der Waals surface area contributed by atoms with E-state index in [1.807, 2.05) is 4.90 Å². The predicted molar refractivity (Wildman–Crippen MR) is 157 cm³/mol. The van der Waals surface area contributed by atoms with Crippen LogP contribution in [0, 0.1) is 5.92 Å². The van der Waals surface area contributed by atoms with Gasteiger partial charge in [-0.25, -0.2) is 0 Å². The summed E-state index contributed by atoms with van der Waals surface area (Å²) >= 11 is 0. The average molecular weight is 579 g/mol. The molecule has 2 atom stereocenters.